The summed E-state index contributed by atoms with van der Waals surface area (Å²) in [6.45, 7) is 5.44. The van der Waals surface area contributed by atoms with Crippen molar-refractivity contribution in [2.45, 2.75) is 83.6 Å². The van der Waals surface area contributed by atoms with Gasteiger partial charge in [0, 0.05) is 27.9 Å². The largest absolute Gasteiger partial charge is 0.303 e. The number of allylic oxidation sites excluding steroid dienone is 2. The van der Waals surface area contributed by atoms with Crippen LogP contribution in [-0.2, 0) is 12.8 Å². The molecule has 2 aromatic heterocycles. The highest BCUT2D eigenvalue weighted by atomic mass is 35.5. The van der Waals surface area contributed by atoms with Gasteiger partial charge in [0.25, 0.3) is 0 Å². The molecule has 2 aromatic rings. The molecule has 0 bridgehead atoms. The predicted molar refractivity (Wildman–Crippen MR) is 140 cm³/mol. The average molecular weight is 496 g/mol. The van der Waals surface area contributed by atoms with Crippen molar-refractivity contribution in [1.82, 2.24) is 14.9 Å². The van der Waals surface area contributed by atoms with E-state index in [0.717, 1.165) is 68.3 Å². The van der Waals surface area contributed by atoms with Crippen LogP contribution in [0.15, 0.2) is 22.6 Å². The first-order valence-corrected chi connectivity index (χ1v) is 13.7. The number of hydrogen-bond acceptors (Lipinski definition) is 6. The molecule has 0 amide bonds. The van der Waals surface area contributed by atoms with Crippen molar-refractivity contribution in [3.05, 3.63) is 55.3 Å². The molecule has 34 heavy (non-hydrogen) atoms. The van der Waals surface area contributed by atoms with Crippen molar-refractivity contribution in [1.29, 1.82) is 10.7 Å². The van der Waals surface area contributed by atoms with Crippen molar-refractivity contribution in [3.63, 3.8) is 0 Å². The highest BCUT2D eigenvalue weighted by Gasteiger charge is 2.29. The summed E-state index contributed by atoms with van der Waals surface area (Å²) in [5.74, 6) is 0.607. The number of aromatic nitrogens is 2. The van der Waals surface area contributed by atoms with Gasteiger partial charge in [0.15, 0.2) is 5.82 Å². The van der Waals surface area contributed by atoms with Gasteiger partial charge in [-0.2, -0.15) is 5.26 Å². The summed E-state index contributed by atoms with van der Waals surface area (Å²) in [5.41, 5.74) is 5.45. The topological polar surface area (TPSA) is 76.7 Å². The van der Waals surface area contributed by atoms with Gasteiger partial charge in [0.2, 0.25) is 0 Å². The molecule has 180 valence electrons. The summed E-state index contributed by atoms with van der Waals surface area (Å²) >= 11 is 8.11. The average Bonchev–Trinajstić information content (AvgIpc) is 3.45. The van der Waals surface area contributed by atoms with Crippen LogP contribution in [-0.4, -0.2) is 40.2 Å². The zero-order chi connectivity index (χ0) is 24.2. The van der Waals surface area contributed by atoms with Gasteiger partial charge in [-0.15, -0.1) is 11.3 Å². The maximum atomic E-state index is 9.68. The number of likely N-dealkylation sites (tertiary alicyclic amines) is 1. The summed E-state index contributed by atoms with van der Waals surface area (Å²) in [6, 6.07) is 4.84. The molecule has 2 atom stereocenters. The molecule has 5 nitrogen and oxygen atoms in total. The minimum absolute atomic E-state index is 0.183. The number of nitrogens with zero attached hydrogens (tertiary/aromatic N) is 4. The van der Waals surface area contributed by atoms with Crippen molar-refractivity contribution < 1.29 is 0 Å². The fraction of sp³-hybridized carbons (Fsp3) is 0.556. The first-order chi connectivity index (χ1) is 16.4. The summed E-state index contributed by atoms with van der Waals surface area (Å²) < 4.78 is 0. The fourth-order valence-electron chi connectivity index (χ4n) is 5.59. The van der Waals surface area contributed by atoms with Gasteiger partial charge in [-0.3, -0.25) is 5.41 Å². The van der Waals surface area contributed by atoms with Crippen LogP contribution < -0.4 is 0 Å². The van der Waals surface area contributed by atoms with Crippen LogP contribution >= 0.6 is 22.9 Å². The molecular formula is C27H34ClN5S. The predicted octanol–water partition coefficient (Wildman–Crippen LogP) is 6.69. The molecule has 0 radical (unpaired) electrons. The van der Waals surface area contributed by atoms with Crippen LogP contribution in [0.1, 0.15) is 92.2 Å². The van der Waals surface area contributed by atoms with Crippen molar-refractivity contribution >= 4 is 28.6 Å². The third kappa shape index (κ3) is 5.27. The van der Waals surface area contributed by atoms with E-state index in [0.29, 0.717) is 22.7 Å². The fourth-order valence-corrected chi connectivity index (χ4v) is 6.88. The minimum atomic E-state index is 0.183. The van der Waals surface area contributed by atoms with Crippen LogP contribution in [0.2, 0.25) is 5.15 Å². The zero-order valence-electron chi connectivity index (χ0n) is 20.5. The lowest BCUT2D eigenvalue weighted by Gasteiger charge is -2.26. The quantitative estimate of drug-likeness (QED) is 0.326. The number of nitriles is 1. The molecule has 0 saturated carbocycles. The summed E-state index contributed by atoms with van der Waals surface area (Å²) in [7, 11) is 2.19. The molecule has 4 rings (SSSR count). The van der Waals surface area contributed by atoms with Crippen LogP contribution in [0.3, 0.4) is 0 Å². The number of hydrogen-bond donors (Lipinski definition) is 1. The SMILES string of the molecule is CCC/C(C(=N)c1nc(Cl)cc(CC[C@@H]2CCCN2C)n1)=C(/C)C1CCCc2scc(C#N)c21. The van der Waals surface area contributed by atoms with Gasteiger partial charge in [-0.05, 0) is 89.1 Å². The van der Waals surface area contributed by atoms with Crippen molar-refractivity contribution in [2.24, 2.45) is 0 Å². The number of fused-ring (bicyclic) bond motifs is 1. The first kappa shape index (κ1) is 25.0. The number of nitrogens with one attached hydrogen (secondary N) is 1. The van der Waals surface area contributed by atoms with E-state index in [2.05, 4.69) is 36.8 Å². The highest BCUT2D eigenvalue weighted by Crippen LogP contribution is 2.43. The van der Waals surface area contributed by atoms with E-state index < -0.39 is 0 Å². The molecule has 1 saturated heterocycles. The normalized spacial score (nSPS) is 21.1. The van der Waals surface area contributed by atoms with Crippen molar-refractivity contribution in [3.8, 4) is 6.07 Å². The Kier molecular flexibility index (Phi) is 8.18. The Morgan fingerprint density at radius 1 is 1.32 bits per heavy atom. The number of thiophene rings is 1. The Bertz CT molecular complexity index is 1130. The molecule has 1 N–H and O–H groups in total. The Labute approximate surface area is 212 Å². The maximum absolute atomic E-state index is 9.68. The number of rotatable bonds is 8. The standard InChI is InChI=1S/C27H34ClN5S/c1-4-7-22(17(2)21-9-5-10-23-25(21)18(15-29)16-34-23)26(30)27-31-19(14-24(28)32-27)11-12-20-8-6-13-33(20)3/h14,16,20-21,30H,4-13H2,1-3H3/b22-17+,30-26?/t20-,21?/m0/s1. The van der Waals surface area contributed by atoms with Crippen LogP contribution in [0.5, 0.6) is 0 Å². The summed E-state index contributed by atoms with van der Waals surface area (Å²) in [6.07, 6.45) is 9.28. The molecule has 2 aliphatic rings. The van der Waals surface area contributed by atoms with E-state index >= 15 is 0 Å². The lowest BCUT2D eigenvalue weighted by molar-refractivity contribution is 0.296. The maximum Gasteiger partial charge on any atom is 0.179 e. The third-order valence-corrected chi connectivity index (χ3v) is 8.71. The number of aryl methyl sites for hydroxylation is 2. The molecule has 1 fully saturated rings. The van der Waals surface area contributed by atoms with Gasteiger partial charge >= 0.3 is 0 Å². The van der Waals surface area contributed by atoms with Gasteiger partial charge in [0.1, 0.15) is 16.9 Å². The highest BCUT2D eigenvalue weighted by molar-refractivity contribution is 7.10. The second-order valence-corrected chi connectivity index (χ2v) is 11.0. The summed E-state index contributed by atoms with van der Waals surface area (Å²) in [5, 5.41) is 21.2. The van der Waals surface area contributed by atoms with Crippen LogP contribution in [0, 0.1) is 16.7 Å². The first-order valence-electron chi connectivity index (χ1n) is 12.5. The van der Waals surface area contributed by atoms with Gasteiger partial charge in [0.05, 0.1) is 5.56 Å². The van der Waals surface area contributed by atoms with E-state index in [9.17, 15) is 5.26 Å². The van der Waals surface area contributed by atoms with Crippen molar-refractivity contribution in [2.75, 3.05) is 13.6 Å². The Morgan fingerprint density at radius 3 is 2.85 bits per heavy atom. The van der Waals surface area contributed by atoms with E-state index in [1.54, 1.807) is 11.3 Å². The third-order valence-electron chi connectivity index (χ3n) is 7.45. The lowest BCUT2D eigenvalue weighted by atomic mass is 9.78. The van der Waals surface area contributed by atoms with Gasteiger partial charge < -0.3 is 4.90 Å². The molecule has 3 heterocycles. The van der Waals surface area contributed by atoms with E-state index in [4.69, 9.17) is 22.0 Å². The summed E-state index contributed by atoms with van der Waals surface area (Å²) in [4.78, 5) is 13.0. The van der Waals surface area contributed by atoms with Crippen LogP contribution in [0.25, 0.3) is 0 Å². The Morgan fingerprint density at radius 2 is 2.15 bits per heavy atom. The zero-order valence-corrected chi connectivity index (χ0v) is 22.0. The Hall–Kier alpha value is -2.07. The molecular weight excluding hydrogens is 462 g/mol. The molecule has 1 unspecified atom stereocenters. The van der Waals surface area contributed by atoms with Gasteiger partial charge in [-0.25, -0.2) is 9.97 Å². The Balaban J connectivity index is 1.63. The van der Waals surface area contributed by atoms with E-state index in [-0.39, 0.29) is 5.92 Å². The van der Waals surface area contributed by atoms with E-state index in [1.165, 1.54) is 28.9 Å². The molecule has 1 aliphatic heterocycles. The minimum Gasteiger partial charge on any atom is -0.303 e. The molecule has 7 heteroatoms. The number of halogens is 1. The second kappa shape index (κ2) is 11.1. The second-order valence-electron chi connectivity index (χ2n) is 9.65. The van der Waals surface area contributed by atoms with Gasteiger partial charge in [-0.1, -0.05) is 30.5 Å². The monoisotopic (exact) mass is 495 g/mol. The van der Waals surface area contributed by atoms with E-state index in [1.807, 2.05) is 11.4 Å². The molecule has 0 aromatic carbocycles. The molecule has 0 spiro atoms. The molecule has 1 aliphatic carbocycles. The lowest BCUT2D eigenvalue weighted by Crippen LogP contribution is -2.25. The van der Waals surface area contributed by atoms with Crippen LogP contribution in [0.4, 0.5) is 0 Å². The smallest absolute Gasteiger partial charge is 0.179 e.